The molecule has 0 N–H and O–H groups in total. The molecule has 0 aromatic heterocycles. The van der Waals surface area contributed by atoms with Crippen LogP contribution in [0.1, 0.15) is 36.7 Å². The Morgan fingerprint density at radius 2 is 1.68 bits per heavy atom. The van der Waals surface area contributed by atoms with Gasteiger partial charge in [0.25, 0.3) is 0 Å². The first kappa shape index (κ1) is 15.8. The largest absolute Gasteiger partial charge is 0.456 e. The number of carbonyl (C=O) groups is 1. The van der Waals surface area contributed by atoms with Gasteiger partial charge in [-0.25, -0.2) is 9.18 Å². The van der Waals surface area contributed by atoms with E-state index in [0.717, 1.165) is 11.1 Å². The molecule has 2 aromatic rings. The third-order valence-electron chi connectivity index (χ3n) is 2.97. The molecule has 3 heteroatoms. The van der Waals surface area contributed by atoms with E-state index in [-0.39, 0.29) is 11.5 Å². The van der Waals surface area contributed by atoms with E-state index in [1.165, 1.54) is 6.07 Å². The van der Waals surface area contributed by atoms with Crippen LogP contribution in [0.5, 0.6) is 0 Å². The van der Waals surface area contributed by atoms with E-state index < -0.39 is 11.4 Å². The van der Waals surface area contributed by atoms with Gasteiger partial charge in [0.1, 0.15) is 11.4 Å². The van der Waals surface area contributed by atoms with Crippen LogP contribution in [0, 0.1) is 18.2 Å². The molecule has 112 valence electrons. The molecule has 2 aromatic carbocycles. The van der Waals surface area contributed by atoms with E-state index in [0.29, 0.717) is 5.56 Å². The van der Waals surface area contributed by atoms with Crippen LogP contribution in [0.3, 0.4) is 0 Å². The zero-order chi connectivity index (χ0) is 16.3. The molecule has 0 bridgehead atoms. The predicted molar refractivity (Wildman–Crippen MR) is 84.9 cm³/mol. The van der Waals surface area contributed by atoms with Gasteiger partial charge in [0.2, 0.25) is 0 Å². The van der Waals surface area contributed by atoms with Gasteiger partial charge in [-0.2, -0.15) is 0 Å². The predicted octanol–water partition coefficient (Wildman–Crippen LogP) is 4.43. The first-order chi connectivity index (χ1) is 10.3. The summed E-state index contributed by atoms with van der Waals surface area (Å²) in [4.78, 5) is 12.0. The van der Waals surface area contributed by atoms with Crippen LogP contribution in [0.25, 0.3) is 11.1 Å². The number of carbonyl (C=O) groups excluding carboxylic acids is 1. The Bertz CT molecular complexity index is 732. The van der Waals surface area contributed by atoms with Crippen molar-refractivity contribution in [2.75, 3.05) is 0 Å². The highest BCUT2D eigenvalue weighted by Crippen LogP contribution is 2.23. The van der Waals surface area contributed by atoms with Crippen molar-refractivity contribution in [3.8, 4) is 23.5 Å². The van der Waals surface area contributed by atoms with Gasteiger partial charge < -0.3 is 4.74 Å². The van der Waals surface area contributed by atoms with Crippen LogP contribution in [0.4, 0.5) is 4.39 Å². The molecule has 0 aliphatic heterocycles. The molecule has 22 heavy (non-hydrogen) atoms. The third kappa shape index (κ3) is 3.73. The minimum Gasteiger partial charge on any atom is -0.456 e. The Balaban J connectivity index is 2.26. The number of halogens is 1. The van der Waals surface area contributed by atoms with Gasteiger partial charge >= 0.3 is 5.97 Å². The molecule has 0 atom stereocenters. The second-order valence-electron chi connectivity index (χ2n) is 5.92. The van der Waals surface area contributed by atoms with Gasteiger partial charge in [-0.15, -0.1) is 6.42 Å². The van der Waals surface area contributed by atoms with Crippen molar-refractivity contribution in [2.45, 2.75) is 26.4 Å². The van der Waals surface area contributed by atoms with E-state index in [1.54, 1.807) is 36.4 Å². The molecule has 2 nitrogen and oxygen atoms in total. The molecule has 0 unspecified atom stereocenters. The maximum absolute atomic E-state index is 13.4. The number of hydrogen-bond acceptors (Lipinski definition) is 2. The van der Waals surface area contributed by atoms with Crippen LogP contribution in [0.15, 0.2) is 42.5 Å². The lowest BCUT2D eigenvalue weighted by Gasteiger charge is -2.19. The molecular formula is C19H17FO2. The molecule has 0 amide bonds. The molecule has 0 heterocycles. The molecule has 0 aliphatic rings. The van der Waals surface area contributed by atoms with Gasteiger partial charge in [-0.1, -0.05) is 24.1 Å². The highest BCUT2D eigenvalue weighted by Gasteiger charge is 2.17. The van der Waals surface area contributed by atoms with E-state index in [1.807, 2.05) is 20.8 Å². The molecule has 0 saturated heterocycles. The Labute approximate surface area is 129 Å². The summed E-state index contributed by atoms with van der Waals surface area (Å²) in [6.07, 6.45) is 5.27. The van der Waals surface area contributed by atoms with Gasteiger partial charge in [-0.3, -0.25) is 0 Å². The van der Waals surface area contributed by atoms with Crippen LogP contribution >= 0.6 is 0 Å². The number of benzene rings is 2. The minimum atomic E-state index is -0.533. The third-order valence-corrected chi connectivity index (χ3v) is 2.97. The summed E-state index contributed by atoms with van der Waals surface area (Å²) in [5, 5.41) is 0. The first-order valence-corrected chi connectivity index (χ1v) is 6.90. The van der Waals surface area contributed by atoms with Crippen molar-refractivity contribution >= 4 is 5.97 Å². The van der Waals surface area contributed by atoms with Crippen molar-refractivity contribution in [1.29, 1.82) is 0 Å². The number of esters is 1. The first-order valence-electron chi connectivity index (χ1n) is 6.90. The van der Waals surface area contributed by atoms with Crippen LogP contribution < -0.4 is 0 Å². The SMILES string of the molecule is C#Cc1cc(-c2ccc(C(=O)OC(C)(C)C)cc2)ccc1F. The lowest BCUT2D eigenvalue weighted by molar-refractivity contribution is 0.00696. The van der Waals surface area contributed by atoms with Crippen molar-refractivity contribution in [3.63, 3.8) is 0 Å². The second kappa shape index (κ2) is 6.03. The van der Waals surface area contributed by atoms with E-state index in [2.05, 4.69) is 5.92 Å². The quantitative estimate of drug-likeness (QED) is 0.605. The van der Waals surface area contributed by atoms with Crippen LogP contribution in [0.2, 0.25) is 0 Å². The lowest BCUT2D eigenvalue weighted by atomic mass is 10.0. The molecule has 0 spiro atoms. The molecule has 0 saturated carbocycles. The fourth-order valence-corrected chi connectivity index (χ4v) is 1.95. The smallest absolute Gasteiger partial charge is 0.338 e. The van der Waals surface area contributed by atoms with Crippen molar-refractivity contribution < 1.29 is 13.9 Å². The van der Waals surface area contributed by atoms with Gasteiger partial charge in [0, 0.05) is 0 Å². The molecule has 0 fully saturated rings. The minimum absolute atomic E-state index is 0.216. The zero-order valence-corrected chi connectivity index (χ0v) is 12.8. The number of ether oxygens (including phenoxy) is 1. The fraction of sp³-hybridized carbons (Fsp3) is 0.211. The second-order valence-corrected chi connectivity index (χ2v) is 5.92. The average Bonchev–Trinajstić information content (AvgIpc) is 2.46. The van der Waals surface area contributed by atoms with Crippen molar-refractivity contribution in [2.24, 2.45) is 0 Å². The number of hydrogen-bond donors (Lipinski definition) is 0. The topological polar surface area (TPSA) is 26.3 Å². The lowest BCUT2D eigenvalue weighted by Crippen LogP contribution is -2.23. The van der Waals surface area contributed by atoms with E-state index in [4.69, 9.17) is 11.2 Å². The summed E-state index contributed by atoms with van der Waals surface area (Å²) in [5.74, 6) is 1.52. The fourth-order valence-electron chi connectivity index (χ4n) is 1.95. The standard InChI is InChI=1S/C19H17FO2/c1-5-13-12-16(10-11-17(13)20)14-6-8-15(9-7-14)18(21)22-19(2,3)4/h1,6-12H,2-4H3. The Morgan fingerprint density at radius 3 is 2.23 bits per heavy atom. The summed E-state index contributed by atoms with van der Waals surface area (Å²) in [6, 6.07) is 11.5. The van der Waals surface area contributed by atoms with Gasteiger partial charge in [0.05, 0.1) is 11.1 Å². The highest BCUT2D eigenvalue weighted by atomic mass is 19.1. The Kier molecular flexibility index (Phi) is 4.32. The molecule has 0 radical (unpaired) electrons. The molecular weight excluding hydrogens is 279 g/mol. The summed E-state index contributed by atoms with van der Waals surface area (Å²) in [6.45, 7) is 5.46. The van der Waals surface area contributed by atoms with Crippen LogP contribution in [-0.4, -0.2) is 11.6 Å². The maximum Gasteiger partial charge on any atom is 0.338 e. The Morgan fingerprint density at radius 1 is 1.09 bits per heavy atom. The van der Waals surface area contributed by atoms with Gasteiger partial charge in [0.15, 0.2) is 0 Å². The summed E-state index contributed by atoms with van der Waals surface area (Å²) >= 11 is 0. The highest BCUT2D eigenvalue weighted by molar-refractivity contribution is 5.90. The molecule has 0 aliphatic carbocycles. The number of terminal acetylenes is 1. The molecule has 2 rings (SSSR count). The van der Waals surface area contributed by atoms with E-state index in [9.17, 15) is 9.18 Å². The van der Waals surface area contributed by atoms with Crippen molar-refractivity contribution in [3.05, 3.63) is 59.4 Å². The average molecular weight is 296 g/mol. The monoisotopic (exact) mass is 296 g/mol. The normalized spacial score (nSPS) is 10.9. The summed E-state index contributed by atoms with van der Waals surface area (Å²) in [7, 11) is 0. The maximum atomic E-state index is 13.4. The van der Waals surface area contributed by atoms with Crippen LogP contribution in [-0.2, 0) is 4.74 Å². The Hall–Kier alpha value is -2.60. The van der Waals surface area contributed by atoms with Crippen molar-refractivity contribution in [1.82, 2.24) is 0 Å². The summed E-state index contributed by atoms with van der Waals surface area (Å²) in [5.41, 5.74) is 1.80. The number of rotatable bonds is 2. The summed E-state index contributed by atoms with van der Waals surface area (Å²) < 4.78 is 18.7. The van der Waals surface area contributed by atoms with Gasteiger partial charge in [-0.05, 0) is 56.2 Å². The zero-order valence-electron chi connectivity index (χ0n) is 12.8. The van der Waals surface area contributed by atoms with E-state index >= 15 is 0 Å².